The zero-order valence-corrected chi connectivity index (χ0v) is 16.7. The molecule has 1 amide bonds. The van der Waals surface area contributed by atoms with Crippen LogP contribution in [-0.4, -0.2) is 28.9 Å². The van der Waals surface area contributed by atoms with E-state index >= 15 is 0 Å². The molecule has 4 nitrogen and oxygen atoms in total. The Balaban J connectivity index is 1.43. The standard InChI is InChI=1S/C24H25F2NO3/c25-23(26)18-9-4-8-17(12-18)22(28)19-13-20-10-5-11-21(14-19)27(20)24(29)30-15-16-6-2-1-3-7-16/h1-4,6-9,12,19-21,23H,5,10-11,13-15H2. The Morgan fingerprint density at radius 2 is 1.70 bits per heavy atom. The second kappa shape index (κ2) is 8.94. The summed E-state index contributed by atoms with van der Waals surface area (Å²) in [6, 6.07) is 15.2. The van der Waals surface area contributed by atoms with Crippen LogP contribution in [0.1, 0.15) is 60.0 Å². The number of rotatable bonds is 5. The molecule has 6 heteroatoms. The van der Waals surface area contributed by atoms with E-state index in [1.807, 2.05) is 35.2 Å². The van der Waals surface area contributed by atoms with Crippen LogP contribution in [0.25, 0.3) is 0 Å². The SMILES string of the molecule is O=C(c1cccc(C(F)F)c1)C1CC2CCCC(C1)N2C(=O)OCc1ccccc1. The molecule has 2 aromatic rings. The van der Waals surface area contributed by atoms with Gasteiger partial charge in [0.1, 0.15) is 6.61 Å². The van der Waals surface area contributed by atoms with Crippen molar-refractivity contribution >= 4 is 11.9 Å². The number of benzene rings is 2. The first kappa shape index (κ1) is 20.5. The Kier molecular flexibility index (Phi) is 6.11. The van der Waals surface area contributed by atoms with Gasteiger partial charge in [0.15, 0.2) is 5.78 Å². The molecule has 2 aliphatic rings. The average Bonchev–Trinajstić information content (AvgIpc) is 2.76. The number of piperidine rings is 2. The molecule has 2 aliphatic heterocycles. The average molecular weight is 413 g/mol. The summed E-state index contributed by atoms with van der Waals surface area (Å²) in [4.78, 5) is 27.6. The molecule has 2 saturated heterocycles. The fourth-order valence-corrected chi connectivity index (χ4v) is 4.75. The number of Topliss-reactive ketones (excluding diaryl/α,β-unsaturated/α-hetero) is 1. The number of amides is 1. The third-order valence-corrected chi connectivity index (χ3v) is 6.18. The third kappa shape index (κ3) is 4.37. The normalized spacial score (nSPS) is 23.3. The van der Waals surface area contributed by atoms with Crippen molar-refractivity contribution in [3.05, 3.63) is 71.3 Å². The van der Waals surface area contributed by atoms with E-state index < -0.39 is 6.43 Å². The minimum Gasteiger partial charge on any atom is -0.445 e. The second-order valence-corrected chi connectivity index (χ2v) is 8.14. The fraction of sp³-hybridized carbons (Fsp3) is 0.417. The highest BCUT2D eigenvalue weighted by molar-refractivity contribution is 5.98. The van der Waals surface area contributed by atoms with Gasteiger partial charge in [-0.1, -0.05) is 48.5 Å². The van der Waals surface area contributed by atoms with Crippen LogP contribution in [0.4, 0.5) is 13.6 Å². The van der Waals surface area contributed by atoms with Gasteiger partial charge in [-0.2, -0.15) is 0 Å². The highest BCUT2D eigenvalue weighted by Gasteiger charge is 2.43. The summed E-state index contributed by atoms with van der Waals surface area (Å²) in [5.74, 6) is -0.363. The van der Waals surface area contributed by atoms with Gasteiger partial charge in [-0.05, 0) is 43.7 Å². The molecule has 30 heavy (non-hydrogen) atoms. The van der Waals surface area contributed by atoms with Gasteiger partial charge in [-0.25, -0.2) is 13.6 Å². The van der Waals surface area contributed by atoms with Gasteiger partial charge in [-0.15, -0.1) is 0 Å². The number of ketones is 1. The van der Waals surface area contributed by atoms with Crippen LogP contribution in [0.15, 0.2) is 54.6 Å². The number of carbonyl (C=O) groups is 2. The molecule has 0 spiro atoms. The lowest BCUT2D eigenvalue weighted by Gasteiger charge is -2.47. The van der Waals surface area contributed by atoms with E-state index in [4.69, 9.17) is 4.74 Å². The number of alkyl halides is 2. The van der Waals surface area contributed by atoms with Crippen LogP contribution in [-0.2, 0) is 11.3 Å². The van der Waals surface area contributed by atoms with Crippen molar-refractivity contribution in [3.63, 3.8) is 0 Å². The van der Waals surface area contributed by atoms with Crippen molar-refractivity contribution in [2.45, 2.75) is 57.2 Å². The molecule has 2 unspecified atom stereocenters. The Morgan fingerprint density at radius 3 is 2.37 bits per heavy atom. The van der Waals surface area contributed by atoms with E-state index in [9.17, 15) is 18.4 Å². The number of carbonyl (C=O) groups excluding carboxylic acids is 2. The lowest BCUT2D eigenvalue weighted by atomic mass is 9.76. The molecular formula is C24H25F2NO3. The smallest absolute Gasteiger partial charge is 0.410 e. The highest BCUT2D eigenvalue weighted by Crippen LogP contribution is 2.39. The first-order valence-corrected chi connectivity index (χ1v) is 10.4. The summed E-state index contributed by atoms with van der Waals surface area (Å²) < 4.78 is 31.6. The second-order valence-electron chi connectivity index (χ2n) is 8.14. The molecule has 2 bridgehead atoms. The summed E-state index contributed by atoms with van der Waals surface area (Å²) >= 11 is 0. The first-order chi connectivity index (χ1) is 14.5. The van der Waals surface area contributed by atoms with Crippen molar-refractivity contribution in [1.29, 1.82) is 0 Å². The molecule has 2 heterocycles. The Labute approximate surface area is 174 Å². The topological polar surface area (TPSA) is 46.6 Å². The zero-order valence-electron chi connectivity index (χ0n) is 16.7. The maximum Gasteiger partial charge on any atom is 0.410 e. The van der Waals surface area contributed by atoms with Crippen LogP contribution in [0.3, 0.4) is 0 Å². The van der Waals surface area contributed by atoms with Crippen LogP contribution in [0.5, 0.6) is 0 Å². The van der Waals surface area contributed by atoms with Crippen molar-refractivity contribution in [2.75, 3.05) is 0 Å². The predicted molar refractivity (Wildman–Crippen MR) is 108 cm³/mol. The van der Waals surface area contributed by atoms with E-state index in [0.717, 1.165) is 24.8 Å². The molecule has 0 aromatic heterocycles. The number of nitrogens with zero attached hydrogens (tertiary/aromatic N) is 1. The van der Waals surface area contributed by atoms with E-state index in [2.05, 4.69) is 0 Å². The van der Waals surface area contributed by atoms with Crippen molar-refractivity contribution in [1.82, 2.24) is 4.90 Å². The molecular weight excluding hydrogens is 388 g/mol. The maximum atomic E-state index is 13.0. The van der Waals surface area contributed by atoms with E-state index in [0.29, 0.717) is 18.4 Å². The van der Waals surface area contributed by atoms with Gasteiger partial charge >= 0.3 is 6.09 Å². The maximum absolute atomic E-state index is 13.0. The molecule has 2 fully saturated rings. The molecule has 2 aromatic carbocycles. The first-order valence-electron chi connectivity index (χ1n) is 10.4. The van der Waals surface area contributed by atoms with Crippen LogP contribution in [0, 0.1) is 5.92 Å². The fourth-order valence-electron chi connectivity index (χ4n) is 4.75. The molecule has 4 rings (SSSR count). The van der Waals surface area contributed by atoms with E-state index in [1.165, 1.54) is 18.2 Å². The number of ether oxygens (including phenoxy) is 1. The number of halogens is 2. The van der Waals surface area contributed by atoms with Crippen molar-refractivity contribution in [2.24, 2.45) is 5.92 Å². The van der Waals surface area contributed by atoms with Crippen LogP contribution in [0.2, 0.25) is 0 Å². The van der Waals surface area contributed by atoms with Crippen molar-refractivity contribution in [3.8, 4) is 0 Å². The van der Waals surface area contributed by atoms with Crippen LogP contribution < -0.4 is 0 Å². The van der Waals surface area contributed by atoms with Gasteiger partial charge in [0.2, 0.25) is 0 Å². The summed E-state index contributed by atoms with van der Waals surface area (Å²) in [5.41, 5.74) is 1.12. The highest BCUT2D eigenvalue weighted by atomic mass is 19.3. The van der Waals surface area contributed by atoms with Gasteiger partial charge in [0.25, 0.3) is 6.43 Å². The lowest BCUT2D eigenvalue weighted by molar-refractivity contribution is 0.00471. The van der Waals surface area contributed by atoms with Crippen molar-refractivity contribution < 1.29 is 23.1 Å². The summed E-state index contributed by atoms with van der Waals surface area (Å²) in [6.07, 6.45) is 0.843. The zero-order chi connectivity index (χ0) is 21.1. The molecule has 0 saturated carbocycles. The monoisotopic (exact) mass is 413 g/mol. The summed E-state index contributed by atoms with van der Waals surface area (Å²) in [5, 5.41) is 0. The minimum absolute atomic E-state index is 0.0481. The molecule has 158 valence electrons. The Morgan fingerprint density at radius 1 is 1.00 bits per heavy atom. The largest absolute Gasteiger partial charge is 0.445 e. The molecule has 0 N–H and O–H groups in total. The molecule has 2 atom stereocenters. The van der Waals surface area contributed by atoms with Gasteiger partial charge in [-0.3, -0.25) is 4.79 Å². The number of fused-ring (bicyclic) bond motifs is 2. The van der Waals surface area contributed by atoms with Gasteiger partial charge < -0.3 is 9.64 Å². The van der Waals surface area contributed by atoms with E-state index in [1.54, 1.807) is 6.07 Å². The molecule has 0 aliphatic carbocycles. The Bertz CT molecular complexity index is 888. The summed E-state index contributed by atoms with van der Waals surface area (Å²) in [6.45, 7) is 0.221. The lowest BCUT2D eigenvalue weighted by Crippen LogP contribution is -2.55. The minimum atomic E-state index is -2.60. The third-order valence-electron chi connectivity index (χ3n) is 6.18. The molecule has 0 radical (unpaired) electrons. The van der Waals surface area contributed by atoms with Gasteiger partial charge in [0, 0.05) is 29.1 Å². The Hall–Kier alpha value is -2.76. The van der Waals surface area contributed by atoms with E-state index in [-0.39, 0.29) is 42.0 Å². The predicted octanol–water partition coefficient (Wildman–Crippen LogP) is 5.78. The quantitative estimate of drug-likeness (QED) is 0.584. The van der Waals surface area contributed by atoms with Crippen LogP contribution >= 0.6 is 0 Å². The number of hydrogen-bond acceptors (Lipinski definition) is 3. The number of hydrogen-bond donors (Lipinski definition) is 0. The van der Waals surface area contributed by atoms with Gasteiger partial charge in [0.05, 0.1) is 0 Å². The summed E-state index contributed by atoms with van der Waals surface area (Å²) in [7, 11) is 0.